The van der Waals surface area contributed by atoms with Gasteiger partial charge in [-0.25, -0.2) is 0 Å². The van der Waals surface area contributed by atoms with Gasteiger partial charge in [0.1, 0.15) is 12.3 Å². The third kappa shape index (κ3) is 2.75. The van der Waals surface area contributed by atoms with Crippen molar-refractivity contribution >= 4 is 17.5 Å². The zero-order chi connectivity index (χ0) is 16.5. The molecule has 0 aromatic heterocycles. The molecule has 6 nitrogen and oxygen atoms in total. The molecular weight excluding hydrogens is 308 g/mol. The second-order valence-corrected chi connectivity index (χ2v) is 6.58. The highest BCUT2D eigenvalue weighted by Crippen LogP contribution is 2.32. The predicted octanol–water partition coefficient (Wildman–Crippen LogP) is 1.58. The van der Waals surface area contributed by atoms with Crippen molar-refractivity contribution in [2.24, 2.45) is 0 Å². The highest BCUT2D eigenvalue weighted by atomic mass is 16.5. The third-order valence-corrected chi connectivity index (χ3v) is 5.15. The SMILES string of the molecule is O=C1COc2ccccc2N1CC(=O)N1CCOC2CCCCC21. The van der Waals surface area contributed by atoms with Gasteiger partial charge in [0.25, 0.3) is 5.91 Å². The van der Waals surface area contributed by atoms with E-state index in [0.717, 1.165) is 19.3 Å². The fourth-order valence-electron chi connectivity index (χ4n) is 3.96. The summed E-state index contributed by atoms with van der Waals surface area (Å²) < 4.78 is 11.3. The average molecular weight is 330 g/mol. The predicted molar refractivity (Wildman–Crippen MR) is 88.0 cm³/mol. The van der Waals surface area contributed by atoms with E-state index >= 15 is 0 Å². The minimum Gasteiger partial charge on any atom is -0.482 e. The largest absolute Gasteiger partial charge is 0.482 e. The van der Waals surface area contributed by atoms with Crippen molar-refractivity contribution in [1.29, 1.82) is 0 Å². The zero-order valence-corrected chi connectivity index (χ0v) is 13.6. The van der Waals surface area contributed by atoms with Gasteiger partial charge < -0.3 is 14.4 Å². The minimum absolute atomic E-state index is 0.000234. The average Bonchev–Trinajstić information content (AvgIpc) is 2.63. The number of para-hydroxylation sites is 2. The van der Waals surface area contributed by atoms with Crippen LogP contribution in [0, 0.1) is 0 Å². The summed E-state index contributed by atoms with van der Waals surface area (Å²) in [5.41, 5.74) is 0.676. The molecule has 24 heavy (non-hydrogen) atoms. The first-order valence-corrected chi connectivity index (χ1v) is 8.67. The molecule has 2 heterocycles. The van der Waals surface area contributed by atoms with Gasteiger partial charge >= 0.3 is 0 Å². The molecule has 0 spiro atoms. The van der Waals surface area contributed by atoms with E-state index in [0.29, 0.717) is 24.6 Å². The van der Waals surface area contributed by atoms with Crippen LogP contribution in [-0.4, -0.2) is 55.2 Å². The lowest BCUT2D eigenvalue weighted by molar-refractivity contribution is -0.148. The Balaban J connectivity index is 1.52. The molecule has 0 radical (unpaired) electrons. The van der Waals surface area contributed by atoms with Crippen molar-refractivity contribution in [3.63, 3.8) is 0 Å². The van der Waals surface area contributed by atoms with Gasteiger partial charge in [0.05, 0.1) is 24.4 Å². The second-order valence-electron chi connectivity index (χ2n) is 6.58. The Morgan fingerprint density at radius 2 is 2.04 bits per heavy atom. The van der Waals surface area contributed by atoms with E-state index in [4.69, 9.17) is 9.47 Å². The number of carbonyl (C=O) groups is 2. The van der Waals surface area contributed by atoms with Crippen LogP contribution in [0.15, 0.2) is 24.3 Å². The summed E-state index contributed by atoms with van der Waals surface area (Å²) in [6.45, 7) is 1.25. The Morgan fingerprint density at radius 3 is 2.96 bits per heavy atom. The van der Waals surface area contributed by atoms with Crippen LogP contribution < -0.4 is 9.64 Å². The van der Waals surface area contributed by atoms with Crippen LogP contribution in [-0.2, 0) is 14.3 Å². The van der Waals surface area contributed by atoms with E-state index in [2.05, 4.69) is 0 Å². The number of carbonyl (C=O) groups excluding carboxylic acids is 2. The van der Waals surface area contributed by atoms with Crippen molar-refractivity contribution in [3.05, 3.63) is 24.3 Å². The van der Waals surface area contributed by atoms with Crippen molar-refractivity contribution < 1.29 is 19.1 Å². The molecule has 6 heteroatoms. The number of fused-ring (bicyclic) bond motifs is 2. The highest BCUT2D eigenvalue weighted by molar-refractivity contribution is 6.02. The molecule has 2 fully saturated rings. The van der Waals surface area contributed by atoms with Gasteiger partial charge in [0, 0.05) is 6.54 Å². The fraction of sp³-hybridized carbons (Fsp3) is 0.556. The van der Waals surface area contributed by atoms with Gasteiger partial charge in [-0.1, -0.05) is 25.0 Å². The molecule has 1 aromatic rings. The molecule has 1 saturated heterocycles. The Hall–Kier alpha value is -2.08. The van der Waals surface area contributed by atoms with Crippen LogP contribution >= 0.6 is 0 Å². The number of amides is 2. The molecule has 1 saturated carbocycles. The molecule has 0 bridgehead atoms. The monoisotopic (exact) mass is 330 g/mol. The minimum atomic E-state index is -0.171. The summed E-state index contributed by atoms with van der Waals surface area (Å²) in [5.74, 6) is 0.484. The number of anilines is 1. The molecule has 2 unspecified atom stereocenters. The van der Waals surface area contributed by atoms with Crippen LogP contribution in [0.3, 0.4) is 0 Å². The third-order valence-electron chi connectivity index (χ3n) is 5.15. The number of hydrogen-bond donors (Lipinski definition) is 0. The van der Waals surface area contributed by atoms with E-state index < -0.39 is 0 Å². The first kappa shape index (κ1) is 15.4. The Kier molecular flexibility index (Phi) is 4.14. The maximum Gasteiger partial charge on any atom is 0.265 e. The standard InChI is InChI=1S/C18H22N2O4/c21-17(19-9-10-23-15-7-3-1-5-13(15)19)11-20-14-6-2-4-8-16(14)24-12-18(20)22/h2,4,6,8,13,15H,1,3,5,7,9-12H2. The topological polar surface area (TPSA) is 59.1 Å². The molecule has 2 atom stereocenters. The number of morpholine rings is 1. The lowest BCUT2D eigenvalue weighted by Gasteiger charge is -2.44. The van der Waals surface area contributed by atoms with Gasteiger partial charge in [0.2, 0.25) is 5.91 Å². The molecule has 1 aliphatic carbocycles. The lowest BCUT2D eigenvalue weighted by Crippen LogP contribution is -2.57. The van der Waals surface area contributed by atoms with Gasteiger partial charge in [-0.05, 0) is 25.0 Å². The van der Waals surface area contributed by atoms with Gasteiger partial charge in [0.15, 0.2) is 6.61 Å². The van der Waals surface area contributed by atoms with E-state index in [-0.39, 0.29) is 37.1 Å². The number of rotatable bonds is 2. The molecule has 0 N–H and O–H groups in total. The van der Waals surface area contributed by atoms with Crippen LogP contribution in [0.5, 0.6) is 5.75 Å². The van der Waals surface area contributed by atoms with Crippen LogP contribution in [0.2, 0.25) is 0 Å². The highest BCUT2D eigenvalue weighted by Gasteiger charge is 2.38. The summed E-state index contributed by atoms with van der Waals surface area (Å²) in [5, 5.41) is 0. The molecule has 3 aliphatic rings. The first-order chi connectivity index (χ1) is 11.7. The quantitative estimate of drug-likeness (QED) is 0.826. The Morgan fingerprint density at radius 1 is 1.21 bits per heavy atom. The van der Waals surface area contributed by atoms with Crippen LogP contribution in [0.1, 0.15) is 25.7 Å². The summed E-state index contributed by atoms with van der Waals surface area (Å²) in [6, 6.07) is 7.52. The van der Waals surface area contributed by atoms with Crippen molar-refractivity contribution in [2.75, 3.05) is 31.2 Å². The Labute approximate surface area is 141 Å². The maximum atomic E-state index is 12.9. The normalized spacial score (nSPS) is 26.4. The zero-order valence-electron chi connectivity index (χ0n) is 13.6. The van der Waals surface area contributed by atoms with Gasteiger partial charge in [-0.15, -0.1) is 0 Å². The van der Waals surface area contributed by atoms with Crippen LogP contribution in [0.4, 0.5) is 5.69 Å². The second kappa shape index (κ2) is 6.43. The van der Waals surface area contributed by atoms with E-state index in [9.17, 15) is 9.59 Å². The summed E-state index contributed by atoms with van der Waals surface area (Å²) in [7, 11) is 0. The van der Waals surface area contributed by atoms with Gasteiger partial charge in [-0.3, -0.25) is 14.5 Å². The number of ether oxygens (including phenoxy) is 2. The summed E-state index contributed by atoms with van der Waals surface area (Å²) in [6.07, 6.45) is 4.47. The smallest absolute Gasteiger partial charge is 0.265 e. The molecular formula is C18H22N2O4. The number of nitrogens with zero attached hydrogens (tertiary/aromatic N) is 2. The first-order valence-electron chi connectivity index (χ1n) is 8.67. The fourth-order valence-corrected chi connectivity index (χ4v) is 3.96. The van der Waals surface area contributed by atoms with E-state index in [1.54, 1.807) is 4.90 Å². The van der Waals surface area contributed by atoms with Crippen molar-refractivity contribution in [3.8, 4) is 5.75 Å². The number of benzene rings is 1. The molecule has 4 rings (SSSR count). The number of hydrogen-bond acceptors (Lipinski definition) is 4. The van der Waals surface area contributed by atoms with Gasteiger partial charge in [-0.2, -0.15) is 0 Å². The molecule has 2 amide bonds. The molecule has 1 aromatic carbocycles. The van der Waals surface area contributed by atoms with E-state index in [1.165, 1.54) is 6.42 Å². The Bertz CT molecular complexity index is 646. The summed E-state index contributed by atoms with van der Waals surface area (Å²) in [4.78, 5) is 28.7. The van der Waals surface area contributed by atoms with Crippen molar-refractivity contribution in [2.45, 2.75) is 37.8 Å². The summed E-state index contributed by atoms with van der Waals surface area (Å²) >= 11 is 0. The molecule has 128 valence electrons. The molecule has 2 aliphatic heterocycles. The maximum absolute atomic E-state index is 12.9. The van der Waals surface area contributed by atoms with Crippen molar-refractivity contribution in [1.82, 2.24) is 4.90 Å². The van der Waals surface area contributed by atoms with Crippen LogP contribution in [0.25, 0.3) is 0 Å². The lowest BCUT2D eigenvalue weighted by atomic mass is 9.90. The van der Waals surface area contributed by atoms with E-state index in [1.807, 2.05) is 29.2 Å².